The fourth-order valence-corrected chi connectivity index (χ4v) is 2.21. The molecule has 5 heteroatoms. The van der Waals surface area contributed by atoms with E-state index in [0.29, 0.717) is 12.5 Å². The van der Waals surface area contributed by atoms with Crippen molar-refractivity contribution in [1.82, 2.24) is 5.32 Å². The van der Waals surface area contributed by atoms with Crippen LogP contribution in [0.25, 0.3) is 0 Å². The number of carbonyl (C=O) groups is 1. The molecular weight excluding hydrogens is 300 g/mol. The van der Waals surface area contributed by atoms with Crippen molar-refractivity contribution in [3.05, 3.63) is 29.8 Å². The highest BCUT2D eigenvalue weighted by atomic mass is 35.5. The third kappa shape index (κ3) is 5.85. The fraction of sp³-hybridized carbons (Fsp3) is 0.588. The highest BCUT2D eigenvalue weighted by Crippen LogP contribution is 2.20. The van der Waals surface area contributed by atoms with Crippen molar-refractivity contribution in [3.8, 4) is 5.75 Å². The highest BCUT2D eigenvalue weighted by molar-refractivity contribution is 5.85. The van der Waals surface area contributed by atoms with Gasteiger partial charge in [0.25, 0.3) is 5.91 Å². The first-order valence-corrected chi connectivity index (χ1v) is 7.70. The summed E-state index contributed by atoms with van der Waals surface area (Å²) in [4.78, 5) is 12.0. The van der Waals surface area contributed by atoms with Crippen molar-refractivity contribution in [2.75, 3.05) is 13.2 Å². The molecule has 22 heavy (non-hydrogen) atoms. The van der Waals surface area contributed by atoms with Crippen LogP contribution in [0.5, 0.6) is 5.75 Å². The lowest BCUT2D eigenvalue weighted by Gasteiger charge is -2.31. The second kappa shape index (κ2) is 9.70. The Labute approximate surface area is 140 Å². The van der Waals surface area contributed by atoms with Gasteiger partial charge in [-0.2, -0.15) is 0 Å². The lowest BCUT2D eigenvalue weighted by atomic mass is 9.93. The number of hydrogen-bond donors (Lipinski definition) is 2. The lowest BCUT2D eigenvalue weighted by Crippen LogP contribution is -2.54. The predicted octanol–water partition coefficient (Wildman–Crippen LogP) is 3.24. The number of amides is 1. The van der Waals surface area contributed by atoms with Crippen LogP contribution in [-0.4, -0.2) is 24.6 Å². The summed E-state index contributed by atoms with van der Waals surface area (Å²) in [5, 5.41) is 3.00. The number of halogens is 1. The Balaban J connectivity index is 0.00000441. The number of carbonyl (C=O) groups excluding carboxylic acids is 1. The van der Waals surface area contributed by atoms with Crippen molar-refractivity contribution >= 4 is 18.3 Å². The van der Waals surface area contributed by atoms with E-state index in [0.717, 1.165) is 18.6 Å². The molecule has 0 aromatic heterocycles. The highest BCUT2D eigenvalue weighted by Gasteiger charge is 2.26. The quantitative estimate of drug-likeness (QED) is 0.770. The van der Waals surface area contributed by atoms with Gasteiger partial charge in [-0.15, -0.1) is 12.4 Å². The Morgan fingerprint density at radius 1 is 1.32 bits per heavy atom. The Morgan fingerprint density at radius 2 is 1.95 bits per heavy atom. The average molecular weight is 329 g/mol. The molecule has 0 aliphatic heterocycles. The van der Waals surface area contributed by atoms with E-state index in [1.165, 1.54) is 5.56 Å². The minimum absolute atomic E-state index is 0. The molecule has 0 saturated carbocycles. The van der Waals surface area contributed by atoms with Crippen LogP contribution in [-0.2, 0) is 4.79 Å². The zero-order valence-corrected chi connectivity index (χ0v) is 14.8. The molecule has 1 aromatic carbocycles. The molecule has 0 aliphatic rings. The maximum absolute atomic E-state index is 12.0. The van der Waals surface area contributed by atoms with Gasteiger partial charge in [0.1, 0.15) is 5.75 Å². The summed E-state index contributed by atoms with van der Waals surface area (Å²) in [7, 11) is 0. The summed E-state index contributed by atoms with van der Waals surface area (Å²) >= 11 is 0. The van der Waals surface area contributed by atoms with Crippen molar-refractivity contribution in [1.29, 1.82) is 0 Å². The van der Waals surface area contributed by atoms with Gasteiger partial charge in [-0.05, 0) is 36.5 Å². The molecule has 0 bridgehead atoms. The van der Waals surface area contributed by atoms with E-state index >= 15 is 0 Å². The molecular formula is C17H29ClN2O2. The van der Waals surface area contributed by atoms with E-state index in [4.69, 9.17) is 10.5 Å². The number of rotatable bonds is 8. The monoisotopic (exact) mass is 328 g/mol. The van der Waals surface area contributed by atoms with Crippen molar-refractivity contribution in [3.63, 3.8) is 0 Å². The molecule has 0 spiro atoms. The smallest absolute Gasteiger partial charge is 0.258 e. The molecule has 0 heterocycles. The predicted molar refractivity (Wildman–Crippen MR) is 93.8 cm³/mol. The first kappa shape index (κ1) is 20.7. The summed E-state index contributed by atoms with van der Waals surface area (Å²) in [6.45, 7) is 8.78. The molecule has 4 nitrogen and oxygen atoms in total. The SMILES string of the molecule is CCC(CC)(CN)NC(=O)COc1cccc(C(C)C)c1.Cl. The first-order chi connectivity index (χ1) is 9.96. The van der Waals surface area contributed by atoms with Gasteiger partial charge in [0.15, 0.2) is 6.61 Å². The van der Waals surface area contributed by atoms with E-state index in [1.54, 1.807) is 0 Å². The van der Waals surface area contributed by atoms with Gasteiger partial charge in [-0.1, -0.05) is 39.8 Å². The normalized spacial score (nSPS) is 11.0. The average Bonchev–Trinajstić information content (AvgIpc) is 2.51. The number of hydrogen-bond acceptors (Lipinski definition) is 3. The molecule has 0 atom stereocenters. The Kier molecular flexibility index (Phi) is 9.14. The summed E-state index contributed by atoms with van der Waals surface area (Å²) in [5.74, 6) is 1.04. The van der Waals surface area contributed by atoms with Crippen molar-refractivity contribution in [2.24, 2.45) is 5.73 Å². The van der Waals surface area contributed by atoms with Gasteiger partial charge in [0.2, 0.25) is 0 Å². The molecule has 0 saturated heterocycles. The molecule has 0 fully saturated rings. The Bertz CT molecular complexity index is 451. The third-order valence-electron chi connectivity index (χ3n) is 4.04. The number of ether oxygens (including phenoxy) is 1. The molecule has 1 amide bonds. The topological polar surface area (TPSA) is 64.3 Å². The van der Waals surface area contributed by atoms with Crippen LogP contribution in [0.15, 0.2) is 24.3 Å². The van der Waals surface area contributed by atoms with Gasteiger partial charge >= 0.3 is 0 Å². The van der Waals surface area contributed by atoms with Crippen molar-refractivity contribution < 1.29 is 9.53 Å². The Hall–Kier alpha value is -1.26. The zero-order chi connectivity index (χ0) is 15.9. The fourth-order valence-electron chi connectivity index (χ4n) is 2.21. The minimum atomic E-state index is -0.319. The third-order valence-corrected chi connectivity index (χ3v) is 4.04. The van der Waals surface area contributed by atoms with Crippen LogP contribution in [0.1, 0.15) is 52.0 Å². The van der Waals surface area contributed by atoms with E-state index in [9.17, 15) is 4.79 Å². The van der Waals surface area contributed by atoms with Crippen LogP contribution in [0, 0.1) is 0 Å². The molecule has 0 unspecified atom stereocenters. The summed E-state index contributed by atoms with van der Waals surface area (Å²) in [6.07, 6.45) is 1.63. The molecule has 1 aromatic rings. The lowest BCUT2D eigenvalue weighted by molar-refractivity contribution is -0.125. The van der Waals surface area contributed by atoms with E-state index in [2.05, 4.69) is 25.2 Å². The van der Waals surface area contributed by atoms with Gasteiger partial charge in [-0.25, -0.2) is 0 Å². The summed E-state index contributed by atoms with van der Waals surface area (Å²) in [6, 6.07) is 7.86. The molecule has 0 aliphatic carbocycles. The van der Waals surface area contributed by atoms with E-state index < -0.39 is 0 Å². The first-order valence-electron chi connectivity index (χ1n) is 7.70. The standard InChI is InChI=1S/C17H28N2O2.ClH/c1-5-17(6-2,12-18)19-16(20)11-21-15-9-7-8-14(10-15)13(3)4;/h7-10,13H,5-6,11-12,18H2,1-4H3,(H,19,20);1H. The summed E-state index contributed by atoms with van der Waals surface area (Å²) in [5.41, 5.74) is 6.66. The summed E-state index contributed by atoms with van der Waals surface area (Å²) < 4.78 is 5.59. The Morgan fingerprint density at radius 3 is 2.45 bits per heavy atom. The van der Waals surface area contributed by atoms with Gasteiger partial charge in [-0.3, -0.25) is 4.79 Å². The number of benzene rings is 1. The molecule has 126 valence electrons. The largest absolute Gasteiger partial charge is 0.484 e. The zero-order valence-electron chi connectivity index (χ0n) is 14.0. The molecule has 1 rings (SSSR count). The minimum Gasteiger partial charge on any atom is -0.484 e. The van der Waals surface area contributed by atoms with Crippen LogP contribution in [0.3, 0.4) is 0 Å². The van der Waals surface area contributed by atoms with Crippen LogP contribution < -0.4 is 15.8 Å². The van der Waals surface area contributed by atoms with Crippen LogP contribution >= 0.6 is 12.4 Å². The van der Waals surface area contributed by atoms with E-state index in [-0.39, 0.29) is 30.5 Å². The maximum atomic E-state index is 12.0. The second-order valence-electron chi connectivity index (χ2n) is 5.76. The molecule has 3 N–H and O–H groups in total. The van der Waals surface area contributed by atoms with Gasteiger partial charge < -0.3 is 15.8 Å². The second-order valence-corrected chi connectivity index (χ2v) is 5.76. The maximum Gasteiger partial charge on any atom is 0.258 e. The van der Waals surface area contributed by atoms with Crippen molar-refractivity contribution in [2.45, 2.75) is 52.0 Å². The number of nitrogens with one attached hydrogen (secondary N) is 1. The van der Waals surface area contributed by atoms with Crippen LogP contribution in [0.4, 0.5) is 0 Å². The number of nitrogens with two attached hydrogens (primary N) is 1. The van der Waals surface area contributed by atoms with Gasteiger partial charge in [0.05, 0.1) is 5.54 Å². The van der Waals surface area contributed by atoms with E-state index in [1.807, 2.05) is 32.0 Å². The molecule has 0 radical (unpaired) electrons. The van der Waals surface area contributed by atoms with Gasteiger partial charge in [0, 0.05) is 6.54 Å². The van der Waals surface area contributed by atoms with Crippen LogP contribution in [0.2, 0.25) is 0 Å².